The van der Waals surface area contributed by atoms with E-state index in [1.54, 1.807) is 22.7 Å². The molecular formula is C30H23F6N5O2. The van der Waals surface area contributed by atoms with Gasteiger partial charge in [-0.1, -0.05) is 48.5 Å². The van der Waals surface area contributed by atoms with Gasteiger partial charge in [0.1, 0.15) is 0 Å². The first-order valence-electron chi connectivity index (χ1n) is 13.2. The summed E-state index contributed by atoms with van der Waals surface area (Å²) < 4.78 is 87.5. The molecule has 4 heterocycles. The predicted molar refractivity (Wildman–Crippen MR) is 148 cm³/mol. The SMILES string of the molecule is OC(c1ccc(-c2cnc(N3CCOCC3)c3nc(/C=C/c4ccc5ccccc5n4)cn23)cc1)(C(F)(F)F)C(F)(F)F. The molecule has 1 aliphatic rings. The van der Waals surface area contributed by atoms with Gasteiger partial charge in [-0.25, -0.2) is 15.0 Å². The molecule has 5 aromatic rings. The number of aliphatic hydroxyl groups is 1. The second-order valence-electron chi connectivity index (χ2n) is 9.97. The fourth-order valence-electron chi connectivity index (χ4n) is 4.99. The lowest BCUT2D eigenvalue weighted by molar-refractivity contribution is -0.376. The van der Waals surface area contributed by atoms with Crippen molar-refractivity contribution in [3.05, 3.63) is 90.0 Å². The standard InChI is InChI=1S/C30H23F6N5O2/c31-29(32,33)28(42,30(34,35)36)21-8-5-20(6-9-21)25-17-37-26(40-13-15-43-16-14-40)27-39-23(18-41(25)27)12-11-22-10-7-19-3-1-2-4-24(19)38-22/h1-12,17-18,42H,13-16H2/b12-11+. The molecule has 0 amide bonds. The molecule has 6 rings (SSSR count). The summed E-state index contributed by atoms with van der Waals surface area (Å²) in [6.07, 6.45) is -5.23. The van der Waals surface area contributed by atoms with Crippen molar-refractivity contribution >= 4 is 34.5 Å². The number of para-hydroxylation sites is 1. The van der Waals surface area contributed by atoms with E-state index < -0.39 is 23.5 Å². The predicted octanol–water partition coefficient (Wildman–Crippen LogP) is 6.26. The largest absolute Gasteiger partial charge is 0.430 e. The Morgan fingerprint density at radius 3 is 2.16 bits per heavy atom. The highest BCUT2D eigenvalue weighted by atomic mass is 19.4. The summed E-state index contributed by atoms with van der Waals surface area (Å²) in [5.41, 5.74) is -3.23. The van der Waals surface area contributed by atoms with Crippen LogP contribution < -0.4 is 4.90 Å². The van der Waals surface area contributed by atoms with Gasteiger partial charge in [0.15, 0.2) is 11.5 Å². The van der Waals surface area contributed by atoms with Crippen molar-refractivity contribution in [1.29, 1.82) is 0 Å². The Kier molecular flexibility index (Phi) is 7.09. The number of anilines is 1. The molecule has 3 aromatic heterocycles. The van der Waals surface area contributed by atoms with E-state index in [1.165, 1.54) is 6.20 Å². The van der Waals surface area contributed by atoms with Crippen LogP contribution in [0.2, 0.25) is 0 Å². The third kappa shape index (κ3) is 5.19. The Hall–Kier alpha value is -4.49. The van der Waals surface area contributed by atoms with E-state index in [9.17, 15) is 31.4 Å². The number of rotatable bonds is 5. The molecule has 0 saturated carbocycles. The normalized spacial score (nSPS) is 15.2. The molecule has 1 saturated heterocycles. The molecule has 1 aliphatic heterocycles. The fourth-order valence-corrected chi connectivity index (χ4v) is 4.99. The minimum Gasteiger partial charge on any atom is -0.378 e. The first kappa shape index (κ1) is 28.6. The summed E-state index contributed by atoms with van der Waals surface area (Å²) in [7, 11) is 0. The maximum absolute atomic E-state index is 13.4. The summed E-state index contributed by atoms with van der Waals surface area (Å²) in [6, 6.07) is 14.9. The van der Waals surface area contributed by atoms with Crippen molar-refractivity contribution in [1.82, 2.24) is 19.4 Å². The number of morpholine rings is 1. The Balaban J connectivity index is 1.41. The van der Waals surface area contributed by atoms with Gasteiger partial charge in [0, 0.05) is 35.8 Å². The Labute approximate surface area is 240 Å². The van der Waals surface area contributed by atoms with Gasteiger partial charge >= 0.3 is 12.4 Å². The average Bonchev–Trinajstić information content (AvgIpc) is 3.43. The molecule has 2 aromatic carbocycles. The van der Waals surface area contributed by atoms with E-state index in [-0.39, 0.29) is 5.56 Å². The van der Waals surface area contributed by atoms with Crippen LogP contribution in [-0.2, 0) is 10.3 Å². The summed E-state index contributed by atoms with van der Waals surface area (Å²) >= 11 is 0. The minimum absolute atomic E-state index is 0.269. The molecule has 0 unspecified atom stereocenters. The molecule has 13 heteroatoms. The molecule has 1 fully saturated rings. The number of hydrogen-bond acceptors (Lipinski definition) is 6. The smallest absolute Gasteiger partial charge is 0.378 e. The number of imidazole rings is 1. The van der Waals surface area contributed by atoms with E-state index in [0.717, 1.165) is 23.0 Å². The highest BCUT2D eigenvalue weighted by molar-refractivity contribution is 5.81. The van der Waals surface area contributed by atoms with Crippen molar-refractivity contribution in [3.8, 4) is 11.3 Å². The number of hydrogen-bond donors (Lipinski definition) is 1. The molecule has 0 spiro atoms. The average molecular weight is 600 g/mol. The quantitative estimate of drug-likeness (QED) is 0.240. The number of alkyl halides is 6. The number of benzene rings is 2. The summed E-state index contributed by atoms with van der Waals surface area (Å²) in [5.74, 6) is 0.552. The number of fused-ring (bicyclic) bond motifs is 2. The van der Waals surface area contributed by atoms with Crippen LogP contribution in [0.3, 0.4) is 0 Å². The first-order chi connectivity index (χ1) is 20.5. The van der Waals surface area contributed by atoms with Crippen LogP contribution in [0.15, 0.2) is 73.1 Å². The molecule has 0 radical (unpaired) electrons. The zero-order valence-electron chi connectivity index (χ0n) is 22.3. The number of pyridine rings is 1. The monoisotopic (exact) mass is 599 g/mol. The van der Waals surface area contributed by atoms with Gasteiger partial charge in [-0.2, -0.15) is 26.3 Å². The van der Waals surface area contributed by atoms with E-state index in [4.69, 9.17) is 9.72 Å². The highest BCUT2D eigenvalue weighted by Gasteiger charge is 2.71. The van der Waals surface area contributed by atoms with Crippen molar-refractivity contribution in [2.75, 3.05) is 31.2 Å². The zero-order valence-corrected chi connectivity index (χ0v) is 22.3. The van der Waals surface area contributed by atoms with Crippen LogP contribution in [0.1, 0.15) is 17.0 Å². The van der Waals surface area contributed by atoms with Crippen molar-refractivity contribution < 1.29 is 36.2 Å². The van der Waals surface area contributed by atoms with Gasteiger partial charge in [0.25, 0.3) is 5.60 Å². The van der Waals surface area contributed by atoms with Gasteiger partial charge in [-0.15, -0.1) is 0 Å². The third-order valence-electron chi connectivity index (χ3n) is 7.27. The summed E-state index contributed by atoms with van der Waals surface area (Å²) in [6.45, 7) is 2.09. The molecule has 0 aliphatic carbocycles. The molecule has 0 bridgehead atoms. The number of halogens is 6. The van der Waals surface area contributed by atoms with Crippen LogP contribution in [0.5, 0.6) is 0 Å². The zero-order chi connectivity index (χ0) is 30.4. The first-order valence-corrected chi connectivity index (χ1v) is 13.2. The van der Waals surface area contributed by atoms with Gasteiger partial charge in [-0.3, -0.25) is 4.40 Å². The maximum atomic E-state index is 13.4. The molecule has 43 heavy (non-hydrogen) atoms. The molecule has 222 valence electrons. The van der Waals surface area contributed by atoms with Crippen molar-refractivity contribution in [2.24, 2.45) is 0 Å². The molecular weight excluding hydrogens is 576 g/mol. The van der Waals surface area contributed by atoms with Gasteiger partial charge < -0.3 is 14.7 Å². The molecule has 7 nitrogen and oxygen atoms in total. The summed E-state index contributed by atoms with van der Waals surface area (Å²) in [5, 5.41) is 10.8. The van der Waals surface area contributed by atoms with Crippen LogP contribution in [-0.4, -0.2) is 63.1 Å². The van der Waals surface area contributed by atoms with Crippen LogP contribution in [0, 0.1) is 0 Å². The van der Waals surface area contributed by atoms with Crippen LogP contribution >= 0.6 is 0 Å². The van der Waals surface area contributed by atoms with Gasteiger partial charge in [-0.05, 0) is 24.3 Å². The van der Waals surface area contributed by atoms with Crippen LogP contribution in [0.25, 0.3) is 40.0 Å². The van der Waals surface area contributed by atoms with E-state index in [0.29, 0.717) is 67.0 Å². The van der Waals surface area contributed by atoms with Crippen molar-refractivity contribution in [2.45, 2.75) is 18.0 Å². The van der Waals surface area contributed by atoms with E-state index in [1.807, 2.05) is 41.3 Å². The lowest BCUT2D eigenvalue weighted by atomic mass is 9.91. The number of ether oxygens (including phenoxy) is 1. The lowest BCUT2D eigenvalue weighted by Gasteiger charge is -2.32. The van der Waals surface area contributed by atoms with E-state index >= 15 is 0 Å². The second kappa shape index (κ2) is 10.7. The number of nitrogens with zero attached hydrogens (tertiary/aromatic N) is 5. The Morgan fingerprint density at radius 1 is 0.791 bits per heavy atom. The summed E-state index contributed by atoms with van der Waals surface area (Å²) in [4.78, 5) is 15.9. The Morgan fingerprint density at radius 2 is 1.47 bits per heavy atom. The maximum Gasteiger partial charge on any atom is 0.430 e. The van der Waals surface area contributed by atoms with Gasteiger partial charge in [0.2, 0.25) is 0 Å². The highest BCUT2D eigenvalue weighted by Crippen LogP contribution is 2.50. The second-order valence-corrected chi connectivity index (χ2v) is 9.97. The topological polar surface area (TPSA) is 75.8 Å². The van der Waals surface area contributed by atoms with Crippen LogP contribution in [0.4, 0.5) is 32.2 Å². The van der Waals surface area contributed by atoms with Crippen molar-refractivity contribution in [3.63, 3.8) is 0 Å². The third-order valence-corrected chi connectivity index (χ3v) is 7.27. The molecule has 1 N–H and O–H groups in total. The Bertz CT molecular complexity index is 1790. The lowest BCUT2D eigenvalue weighted by Crippen LogP contribution is -2.53. The number of aromatic nitrogens is 4. The fraction of sp³-hybridized carbons (Fsp3) is 0.233. The van der Waals surface area contributed by atoms with Gasteiger partial charge in [0.05, 0.1) is 42.0 Å². The molecule has 0 atom stereocenters. The minimum atomic E-state index is -5.98. The van der Waals surface area contributed by atoms with E-state index in [2.05, 4.69) is 9.97 Å².